The number of nitrogens with zero attached hydrogens (tertiary/aromatic N) is 1. The summed E-state index contributed by atoms with van der Waals surface area (Å²) in [5.41, 5.74) is 3.13. The molecule has 30 heavy (non-hydrogen) atoms. The van der Waals surface area contributed by atoms with Crippen LogP contribution in [0.4, 0.5) is 10.5 Å². The second-order valence-electron chi connectivity index (χ2n) is 8.35. The molecule has 0 atom stereocenters. The number of amides is 2. The third-order valence-electron chi connectivity index (χ3n) is 4.58. The van der Waals surface area contributed by atoms with Crippen LogP contribution in [0.15, 0.2) is 36.4 Å². The van der Waals surface area contributed by atoms with Crippen LogP contribution in [0.2, 0.25) is 0 Å². The van der Waals surface area contributed by atoms with Crippen molar-refractivity contribution in [3.8, 4) is 0 Å². The Balaban J connectivity index is 1.49. The molecule has 1 heterocycles. The number of benzene rings is 1. The third-order valence-corrected chi connectivity index (χ3v) is 4.58. The van der Waals surface area contributed by atoms with Gasteiger partial charge in [0, 0.05) is 17.7 Å². The molecule has 2 N–H and O–H groups in total. The maximum atomic E-state index is 12.3. The minimum Gasteiger partial charge on any atom is -0.444 e. The molecule has 0 fully saturated rings. The molecule has 7 nitrogen and oxygen atoms in total. The number of ether oxygens (including phenoxy) is 1. The molecule has 1 aromatic heterocycles. The number of carbonyl (C=O) groups excluding carboxylic acids is 3. The van der Waals surface area contributed by atoms with Crippen LogP contribution < -0.4 is 10.6 Å². The number of hydrogen-bond donors (Lipinski definition) is 2. The van der Waals surface area contributed by atoms with E-state index in [2.05, 4.69) is 15.6 Å². The maximum absolute atomic E-state index is 12.3. The van der Waals surface area contributed by atoms with Crippen LogP contribution in [0.25, 0.3) is 0 Å². The predicted molar refractivity (Wildman–Crippen MR) is 113 cm³/mol. The Morgan fingerprint density at radius 2 is 1.80 bits per heavy atom. The summed E-state index contributed by atoms with van der Waals surface area (Å²) in [6, 6.07) is 10.6. The summed E-state index contributed by atoms with van der Waals surface area (Å²) in [4.78, 5) is 40.4. The molecule has 1 aromatic carbocycles. The minimum atomic E-state index is -0.565. The van der Waals surface area contributed by atoms with Gasteiger partial charge >= 0.3 is 6.09 Å². The average Bonchev–Trinajstić information content (AvgIpc) is 2.66. The Morgan fingerprint density at radius 1 is 1.07 bits per heavy atom. The van der Waals surface area contributed by atoms with Gasteiger partial charge in [0.05, 0.1) is 24.4 Å². The molecule has 0 unspecified atom stereocenters. The van der Waals surface area contributed by atoms with Crippen molar-refractivity contribution in [3.05, 3.63) is 58.9 Å². The lowest BCUT2D eigenvalue weighted by Crippen LogP contribution is -2.27. The standard InChI is InChI=1S/C23H27N3O4/c1-23(2,3)30-22(29)26-16-9-7-15(8-10-16)13-21(28)24-14-17-11-12-18-19(25-17)5-4-6-20(18)27/h7-12H,4-6,13-14H2,1-3H3,(H,24,28)(H,26,29). The number of carbonyl (C=O) groups is 3. The van der Waals surface area contributed by atoms with Crippen LogP contribution in [0.5, 0.6) is 0 Å². The topological polar surface area (TPSA) is 97.4 Å². The van der Waals surface area contributed by atoms with Crippen LogP contribution in [0.3, 0.4) is 0 Å². The zero-order valence-electron chi connectivity index (χ0n) is 17.6. The molecule has 1 aliphatic rings. The van der Waals surface area contributed by atoms with Crippen LogP contribution >= 0.6 is 0 Å². The lowest BCUT2D eigenvalue weighted by atomic mass is 9.94. The smallest absolute Gasteiger partial charge is 0.412 e. The van der Waals surface area contributed by atoms with Crippen molar-refractivity contribution in [2.45, 2.75) is 58.6 Å². The van der Waals surface area contributed by atoms with Crippen LogP contribution in [0.1, 0.15) is 60.9 Å². The second kappa shape index (κ2) is 9.07. The second-order valence-corrected chi connectivity index (χ2v) is 8.35. The monoisotopic (exact) mass is 409 g/mol. The van der Waals surface area contributed by atoms with Crippen LogP contribution in [0, 0.1) is 0 Å². The van der Waals surface area contributed by atoms with Gasteiger partial charge in [-0.25, -0.2) is 4.79 Å². The lowest BCUT2D eigenvalue weighted by molar-refractivity contribution is -0.120. The summed E-state index contributed by atoms with van der Waals surface area (Å²) < 4.78 is 5.21. The van der Waals surface area contributed by atoms with E-state index in [0.29, 0.717) is 24.2 Å². The highest BCUT2D eigenvalue weighted by atomic mass is 16.6. The van der Waals surface area contributed by atoms with Gasteiger partial charge in [-0.3, -0.25) is 19.9 Å². The van der Waals surface area contributed by atoms with Gasteiger partial charge in [0.25, 0.3) is 0 Å². The number of nitrogens with one attached hydrogen (secondary N) is 2. The largest absolute Gasteiger partial charge is 0.444 e. The molecular weight excluding hydrogens is 382 g/mol. The SMILES string of the molecule is CC(C)(C)OC(=O)Nc1ccc(CC(=O)NCc2ccc3c(n2)CCCC3=O)cc1. The molecule has 0 aliphatic heterocycles. The van der Waals surface area contributed by atoms with Crippen molar-refractivity contribution in [2.75, 3.05) is 5.32 Å². The zero-order valence-corrected chi connectivity index (χ0v) is 17.6. The van der Waals surface area contributed by atoms with Gasteiger partial charge in [0.15, 0.2) is 5.78 Å². The van der Waals surface area contributed by atoms with Crippen molar-refractivity contribution in [2.24, 2.45) is 0 Å². The van der Waals surface area contributed by atoms with E-state index in [1.54, 1.807) is 51.1 Å². The highest BCUT2D eigenvalue weighted by molar-refractivity contribution is 5.98. The molecule has 0 spiro atoms. The van der Waals surface area contributed by atoms with Crippen LogP contribution in [-0.4, -0.2) is 28.4 Å². The van der Waals surface area contributed by atoms with Crippen molar-refractivity contribution >= 4 is 23.5 Å². The highest BCUT2D eigenvalue weighted by Crippen LogP contribution is 2.19. The first kappa shape index (κ1) is 21.5. The number of Topliss-reactive ketones (excluding diaryl/α,β-unsaturated/α-hetero) is 1. The Hall–Kier alpha value is -3.22. The van der Waals surface area contributed by atoms with Crippen molar-refractivity contribution in [1.29, 1.82) is 0 Å². The predicted octanol–water partition coefficient (Wildman–Crippen LogP) is 3.81. The first-order chi connectivity index (χ1) is 14.2. The van der Waals surface area contributed by atoms with Gasteiger partial charge < -0.3 is 10.1 Å². The summed E-state index contributed by atoms with van der Waals surface area (Å²) in [5, 5.41) is 5.52. The van der Waals surface area contributed by atoms with Gasteiger partial charge in [-0.05, 0) is 63.4 Å². The number of aromatic nitrogens is 1. The van der Waals surface area contributed by atoms with Gasteiger partial charge in [0.2, 0.25) is 5.91 Å². The van der Waals surface area contributed by atoms with E-state index in [-0.39, 0.29) is 18.1 Å². The Morgan fingerprint density at radius 3 is 2.50 bits per heavy atom. The Labute approximate surface area is 176 Å². The van der Waals surface area contributed by atoms with Gasteiger partial charge in [-0.2, -0.15) is 0 Å². The number of rotatable bonds is 5. The van der Waals surface area contributed by atoms with E-state index >= 15 is 0 Å². The normalized spacial score (nSPS) is 13.4. The van der Waals surface area contributed by atoms with E-state index in [1.165, 1.54) is 0 Å². The number of ketones is 1. The van der Waals surface area contributed by atoms with Crippen molar-refractivity contribution in [1.82, 2.24) is 10.3 Å². The van der Waals surface area contributed by atoms with E-state index < -0.39 is 11.7 Å². The van der Waals surface area contributed by atoms with E-state index in [9.17, 15) is 14.4 Å². The first-order valence-corrected chi connectivity index (χ1v) is 10.1. The molecule has 2 aromatic rings. The molecule has 7 heteroatoms. The number of aryl methyl sites for hydroxylation is 1. The van der Waals surface area contributed by atoms with Crippen LogP contribution in [-0.2, 0) is 28.9 Å². The number of pyridine rings is 1. The molecule has 0 radical (unpaired) electrons. The molecule has 2 amide bonds. The van der Waals surface area contributed by atoms with E-state index in [1.807, 2.05) is 6.07 Å². The molecule has 1 aliphatic carbocycles. The fourth-order valence-corrected chi connectivity index (χ4v) is 3.20. The van der Waals surface area contributed by atoms with Crippen molar-refractivity contribution < 1.29 is 19.1 Å². The number of hydrogen-bond acceptors (Lipinski definition) is 5. The highest BCUT2D eigenvalue weighted by Gasteiger charge is 2.19. The van der Waals surface area contributed by atoms with E-state index in [4.69, 9.17) is 4.74 Å². The summed E-state index contributed by atoms with van der Waals surface area (Å²) in [6.07, 6.45) is 1.90. The molecule has 0 saturated heterocycles. The Bertz CT molecular complexity index is 946. The fraction of sp³-hybridized carbons (Fsp3) is 0.391. The van der Waals surface area contributed by atoms with Gasteiger partial charge in [-0.15, -0.1) is 0 Å². The molecule has 158 valence electrons. The Kier molecular flexibility index (Phi) is 6.50. The first-order valence-electron chi connectivity index (χ1n) is 10.1. The third kappa shape index (κ3) is 6.14. The fourth-order valence-electron chi connectivity index (χ4n) is 3.20. The molecular formula is C23H27N3O4. The van der Waals surface area contributed by atoms with Crippen molar-refractivity contribution in [3.63, 3.8) is 0 Å². The lowest BCUT2D eigenvalue weighted by Gasteiger charge is -2.19. The average molecular weight is 409 g/mol. The number of fused-ring (bicyclic) bond motifs is 1. The van der Waals surface area contributed by atoms with E-state index in [0.717, 1.165) is 29.8 Å². The maximum Gasteiger partial charge on any atom is 0.412 e. The summed E-state index contributed by atoms with van der Waals surface area (Å²) in [7, 11) is 0. The molecule has 0 saturated carbocycles. The summed E-state index contributed by atoms with van der Waals surface area (Å²) in [5.74, 6) is 0.0161. The summed E-state index contributed by atoms with van der Waals surface area (Å²) >= 11 is 0. The van der Waals surface area contributed by atoms with Gasteiger partial charge in [-0.1, -0.05) is 12.1 Å². The van der Waals surface area contributed by atoms with Gasteiger partial charge in [0.1, 0.15) is 5.60 Å². The zero-order chi connectivity index (χ0) is 21.7. The quantitative estimate of drug-likeness (QED) is 0.783. The number of anilines is 1. The molecule has 0 bridgehead atoms. The summed E-state index contributed by atoms with van der Waals surface area (Å²) in [6.45, 7) is 5.72. The minimum absolute atomic E-state index is 0.126. The molecule has 3 rings (SSSR count).